The number of carbonyl (C=O) groups excluding carboxylic acids is 1. The number of fused-ring (bicyclic) bond motifs is 1. The minimum Gasteiger partial charge on any atom is -0.305 e. The Balaban J connectivity index is 1.48. The van der Waals surface area contributed by atoms with E-state index in [9.17, 15) is 4.79 Å². The smallest absolute Gasteiger partial charge is 0.297 e. The van der Waals surface area contributed by atoms with Crippen molar-refractivity contribution in [2.45, 2.75) is 25.7 Å². The molecule has 0 bridgehead atoms. The molecule has 0 unspecified atom stereocenters. The molecule has 0 atom stereocenters. The highest BCUT2D eigenvalue weighted by Crippen LogP contribution is 2.27. The molecule has 1 aliphatic heterocycles. The van der Waals surface area contributed by atoms with Gasteiger partial charge in [-0.05, 0) is 36.5 Å². The number of rotatable bonds is 4. The van der Waals surface area contributed by atoms with Crippen molar-refractivity contribution in [2.75, 3.05) is 11.4 Å². The molecule has 2 aromatic carbocycles. The SMILES string of the molecule is O=C(c1n[nH]c(CCc2ccccc2)n1)N1CCCc2ccccc21. The lowest BCUT2D eigenvalue weighted by molar-refractivity contribution is 0.0975. The van der Waals surface area contributed by atoms with Gasteiger partial charge < -0.3 is 4.90 Å². The van der Waals surface area contributed by atoms with Crippen LogP contribution < -0.4 is 4.90 Å². The molecule has 0 aliphatic carbocycles. The third-order valence-corrected chi connectivity index (χ3v) is 4.57. The first kappa shape index (κ1) is 15.6. The van der Waals surface area contributed by atoms with Crippen LogP contribution >= 0.6 is 0 Å². The first-order valence-corrected chi connectivity index (χ1v) is 8.66. The number of hydrogen-bond donors (Lipinski definition) is 1. The molecule has 3 aromatic rings. The van der Waals surface area contributed by atoms with Crippen molar-refractivity contribution in [3.8, 4) is 0 Å². The lowest BCUT2D eigenvalue weighted by atomic mass is 10.0. The zero-order valence-corrected chi connectivity index (χ0v) is 14.0. The molecule has 0 saturated heterocycles. The summed E-state index contributed by atoms with van der Waals surface area (Å²) < 4.78 is 0. The summed E-state index contributed by atoms with van der Waals surface area (Å²) in [4.78, 5) is 19.0. The molecule has 2 heterocycles. The number of aryl methyl sites for hydroxylation is 3. The van der Waals surface area contributed by atoms with Gasteiger partial charge in [-0.25, -0.2) is 4.98 Å². The number of carbonyl (C=O) groups is 1. The van der Waals surface area contributed by atoms with Gasteiger partial charge in [0.1, 0.15) is 5.82 Å². The van der Waals surface area contributed by atoms with Gasteiger partial charge in [0.05, 0.1) is 0 Å². The van der Waals surface area contributed by atoms with Gasteiger partial charge in [0.25, 0.3) is 5.91 Å². The van der Waals surface area contributed by atoms with Crippen LogP contribution in [0, 0.1) is 0 Å². The summed E-state index contributed by atoms with van der Waals surface area (Å²) in [6.45, 7) is 0.712. The van der Waals surface area contributed by atoms with E-state index in [1.807, 2.05) is 36.4 Å². The molecule has 1 amide bonds. The molecule has 0 spiro atoms. The number of benzene rings is 2. The monoisotopic (exact) mass is 332 g/mol. The van der Waals surface area contributed by atoms with Gasteiger partial charge in [-0.3, -0.25) is 9.89 Å². The van der Waals surface area contributed by atoms with E-state index in [2.05, 4.69) is 33.4 Å². The summed E-state index contributed by atoms with van der Waals surface area (Å²) in [5.41, 5.74) is 3.44. The maximum absolute atomic E-state index is 12.8. The number of amides is 1. The predicted octanol–water partition coefficient (Wildman–Crippen LogP) is 3.18. The van der Waals surface area contributed by atoms with Crippen molar-refractivity contribution in [1.29, 1.82) is 0 Å². The summed E-state index contributed by atoms with van der Waals surface area (Å²) in [6.07, 6.45) is 3.58. The summed E-state index contributed by atoms with van der Waals surface area (Å²) >= 11 is 0. The van der Waals surface area contributed by atoms with Gasteiger partial charge >= 0.3 is 0 Å². The van der Waals surface area contributed by atoms with Crippen LogP contribution in [0.5, 0.6) is 0 Å². The molecule has 5 heteroatoms. The molecular weight excluding hydrogens is 312 g/mol. The van der Waals surface area contributed by atoms with Crippen LogP contribution in [0.3, 0.4) is 0 Å². The van der Waals surface area contributed by atoms with E-state index in [4.69, 9.17) is 0 Å². The second kappa shape index (κ2) is 6.89. The fraction of sp³-hybridized carbons (Fsp3) is 0.250. The summed E-state index contributed by atoms with van der Waals surface area (Å²) in [5, 5.41) is 7.06. The van der Waals surface area contributed by atoms with Crippen molar-refractivity contribution in [2.24, 2.45) is 0 Å². The molecule has 25 heavy (non-hydrogen) atoms. The van der Waals surface area contributed by atoms with Crippen molar-refractivity contribution >= 4 is 11.6 Å². The molecule has 5 nitrogen and oxygen atoms in total. The maximum Gasteiger partial charge on any atom is 0.297 e. The Morgan fingerprint density at radius 3 is 2.72 bits per heavy atom. The van der Waals surface area contributed by atoms with E-state index in [1.165, 1.54) is 11.1 Å². The Morgan fingerprint density at radius 2 is 1.84 bits per heavy atom. The van der Waals surface area contributed by atoms with E-state index in [-0.39, 0.29) is 11.7 Å². The minimum atomic E-state index is -0.130. The van der Waals surface area contributed by atoms with Gasteiger partial charge in [-0.1, -0.05) is 48.5 Å². The fourth-order valence-corrected chi connectivity index (χ4v) is 3.28. The minimum absolute atomic E-state index is 0.130. The Hall–Kier alpha value is -2.95. The molecule has 4 rings (SSSR count). The summed E-state index contributed by atoms with van der Waals surface area (Å²) in [5.74, 6) is 0.867. The van der Waals surface area contributed by atoms with Crippen molar-refractivity contribution in [1.82, 2.24) is 15.2 Å². The third kappa shape index (κ3) is 3.31. The number of anilines is 1. The number of aromatic amines is 1. The average molecular weight is 332 g/mol. The first-order valence-electron chi connectivity index (χ1n) is 8.66. The Bertz CT molecular complexity index is 872. The number of nitrogens with one attached hydrogen (secondary N) is 1. The second-order valence-corrected chi connectivity index (χ2v) is 6.28. The second-order valence-electron chi connectivity index (χ2n) is 6.28. The highest BCUT2D eigenvalue weighted by molar-refractivity contribution is 6.04. The van der Waals surface area contributed by atoms with Gasteiger partial charge in [0.2, 0.25) is 5.82 Å². The lowest BCUT2D eigenvalue weighted by Gasteiger charge is -2.28. The molecule has 1 N–H and O–H groups in total. The highest BCUT2D eigenvalue weighted by Gasteiger charge is 2.25. The standard InChI is InChI=1S/C20H20N4O/c25-20(24-14-6-10-16-9-4-5-11-17(16)24)19-21-18(22-23-19)13-12-15-7-2-1-3-8-15/h1-5,7-9,11H,6,10,12-14H2,(H,21,22,23). The molecule has 126 valence electrons. The third-order valence-electron chi connectivity index (χ3n) is 4.57. The lowest BCUT2D eigenvalue weighted by Crippen LogP contribution is -2.36. The summed E-state index contributed by atoms with van der Waals surface area (Å²) in [7, 11) is 0. The van der Waals surface area contributed by atoms with Gasteiger partial charge in [-0.15, -0.1) is 5.10 Å². The Kier molecular flexibility index (Phi) is 4.29. The number of hydrogen-bond acceptors (Lipinski definition) is 3. The van der Waals surface area contributed by atoms with Gasteiger partial charge in [0, 0.05) is 18.7 Å². The van der Waals surface area contributed by atoms with Gasteiger partial charge in [-0.2, -0.15) is 0 Å². The maximum atomic E-state index is 12.8. The van der Waals surface area contributed by atoms with Crippen molar-refractivity contribution in [3.05, 3.63) is 77.4 Å². The van der Waals surface area contributed by atoms with Gasteiger partial charge in [0.15, 0.2) is 0 Å². The van der Waals surface area contributed by atoms with E-state index in [1.54, 1.807) is 4.90 Å². The van der Waals surface area contributed by atoms with Crippen LogP contribution in [0.15, 0.2) is 54.6 Å². The fourth-order valence-electron chi connectivity index (χ4n) is 3.28. The average Bonchev–Trinajstić information content (AvgIpc) is 3.15. The van der Waals surface area contributed by atoms with E-state index >= 15 is 0 Å². The molecule has 0 saturated carbocycles. The zero-order chi connectivity index (χ0) is 17.1. The topological polar surface area (TPSA) is 61.9 Å². The quantitative estimate of drug-likeness (QED) is 0.798. The zero-order valence-electron chi connectivity index (χ0n) is 14.0. The largest absolute Gasteiger partial charge is 0.305 e. The van der Waals surface area contributed by atoms with Crippen LogP contribution in [0.2, 0.25) is 0 Å². The molecule has 1 aromatic heterocycles. The number of aromatic nitrogens is 3. The normalized spacial score (nSPS) is 13.5. The predicted molar refractivity (Wildman–Crippen MR) is 96.7 cm³/mol. The van der Waals surface area contributed by atoms with Crippen LogP contribution in [-0.2, 0) is 19.3 Å². The number of para-hydroxylation sites is 1. The Morgan fingerprint density at radius 1 is 1.04 bits per heavy atom. The van der Waals surface area contributed by atoms with E-state index < -0.39 is 0 Å². The molecule has 1 aliphatic rings. The van der Waals surface area contributed by atoms with E-state index in [0.717, 1.165) is 37.2 Å². The highest BCUT2D eigenvalue weighted by atomic mass is 16.2. The molecule has 0 fully saturated rings. The van der Waals surface area contributed by atoms with E-state index in [0.29, 0.717) is 6.54 Å². The Labute approximate surface area is 146 Å². The van der Waals surface area contributed by atoms with Crippen molar-refractivity contribution in [3.63, 3.8) is 0 Å². The van der Waals surface area contributed by atoms with Crippen molar-refractivity contribution < 1.29 is 4.79 Å². The molecule has 0 radical (unpaired) electrons. The number of H-pyrrole nitrogens is 1. The first-order chi connectivity index (χ1) is 12.3. The molecular formula is C20H20N4O. The number of nitrogens with zero attached hydrogens (tertiary/aromatic N) is 3. The van der Waals surface area contributed by atoms with Crippen LogP contribution in [0.4, 0.5) is 5.69 Å². The van der Waals surface area contributed by atoms with Crippen LogP contribution in [0.25, 0.3) is 0 Å². The van der Waals surface area contributed by atoms with Crippen LogP contribution in [0.1, 0.15) is 34.0 Å². The summed E-state index contributed by atoms with van der Waals surface area (Å²) in [6, 6.07) is 18.3. The van der Waals surface area contributed by atoms with Crippen LogP contribution in [-0.4, -0.2) is 27.6 Å².